The molecule has 23 heavy (non-hydrogen) atoms. The van der Waals surface area contributed by atoms with Gasteiger partial charge in [0, 0.05) is 13.0 Å². The van der Waals surface area contributed by atoms with Crippen molar-refractivity contribution in [2.24, 2.45) is 0 Å². The average molecular weight is 307 g/mol. The topological polar surface area (TPSA) is 20.3 Å². The second-order valence-electron chi connectivity index (χ2n) is 6.89. The summed E-state index contributed by atoms with van der Waals surface area (Å²) in [5.74, 6) is 0.393. The number of hydrogen-bond donors (Lipinski definition) is 0. The highest BCUT2D eigenvalue weighted by Crippen LogP contribution is 2.37. The Labute approximate surface area is 139 Å². The molecule has 0 N–H and O–H groups in total. The van der Waals surface area contributed by atoms with Crippen molar-refractivity contribution in [2.45, 2.75) is 38.1 Å². The molecule has 120 valence electrons. The van der Waals surface area contributed by atoms with Crippen LogP contribution in [0.25, 0.3) is 0 Å². The lowest BCUT2D eigenvalue weighted by molar-refractivity contribution is -0.125. The Kier molecular flexibility index (Phi) is 4.63. The van der Waals surface area contributed by atoms with Crippen molar-refractivity contribution in [3.05, 3.63) is 71.3 Å². The molecule has 1 atom stereocenters. The second-order valence-corrected chi connectivity index (χ2v) is 6.89. The normalized spacial score (nSPS) is 20.6. The van der Waals surface area contributed by atoms with Crippen LogP contribution >= 0.6 is 0 Å². The first-order valence-corrected chi connectivity index (χ1v) is 8.44. The van der Waals surface area contributed by atoms with E-state index in [1.54, 1.807) is 0 Å². The summed E-state index contributed by atoms with van der Waals surface area (Å²) in [6.45, 7) is 3.97. The van der Waals surface area contributed by atoms with Gasteiger partial charge in [-0.05, 0) is 50.0 Å². The maximum atomic E-state index is 12.6. The smallest absolute Gasteiger partial charge is 0.143 e. The number of Topliss-reactive ketones (excluding diaryl/α,β-unsaturated/α-hetero) is 1. The average Bonchev–Trinajstić information content (AvgIpc) is 2.58. The number of fused-ring (bicyclic) bond motifs is 1. The minimum Gasteiger partial charge on any atom is -0.302 e. The fraction of sp³-hybridized carbons (Fsp3) is 0.381. The molecule has 0 bridgehead atoms. The van der Waals surface area contributed by atoms with Gasteiger partial charge in [-0.25, -0.2) is 0 Å². The summed E-state index contributed by atoms with van der Waals surface area (Å²) in [4.78, 5) is 14.9. The van der Waals surface area contributed by atoms with Crippen LogP contribution < -0.4 is 0 Å². The molecule has 2 heteroatoms. The molecule has 0 radical (unpaired) electrons. The molecule has 1 aliphatic carbocycles. The second kappa shape index (κ2) is 6.67. The number of hydrogen-bond acceptors (Lipinski definition) is 2. The van der Waals surface area contributed by atoms with Gasteiger partial charge in [0.15, 0.2) is 0 Å². The summed E-state index contributed by atoms with van der Waals surface area (Å²) in [5, 5.41) is 0. The highest BCUT2D eigenvalue weighted by molar-refractivity contribution is 5.91. The van der Waals surface area contributed by atoms with E-state index in [4.69, 9.17) is 0 Å². The Morgan fingerprint density at radius 2 is 1.70 bits per heavy atom. The molecule has 0 spiro atoms. The largest absolute Gasteiger partial charge is 0.302 e. The zero-order valence-electron chi connectivity index (χ0n) is 14.1. The van der Waals surface area contributed by atoms with Crippen molar-refractivity contribution >= 4 is 5.78 Å². The Morgan fingerprint density at radius 1 is 1.00 bits per heavy atom. The molecule has 0 fully saturated rings. The zero-order valence-corrected chi connectivity index (χ0v) is 14.1. The Hall–Kier alpha value is -1.93. The van der Waals surface area contributed by atoms with Crippen molar-refractivity contribution in [1.29, 1.82) is 0 Å². The fourth-order valence-corrected chi connectivity index (χ4v) is 3.61. The van der Waals surface area contributed by atoms with Crippen LogP contribution in [0, 0.1) is 0 Å². The maximum absolute atomic E-state index is 12.6. The summed E-state index contributed by atoms with van der Waals surface area (Å²) in [5.41, 5.74) is 3.57. The van der Waals surface area contributed by atoms with E-state index in [9.17, 15) is 4.79 Å². The van der Waals surface area contributed by atoms with Crippen molar-refractivity contribution in [1.82, 2.24) is 4.90 Å². The van der Waals surface area contributed by atoms with Gasteiger partial charge in [-0.3, -0.25) is 4.79 Å². The van der Waals surface area contributed by atoms with E-state index in [1.165, 1.54) is 16.7 Å². The molecular weight excluding hydrogens is 282 g/mol. The van der Waals surface area contributed by atoms with Crippen LogP contribution in [0.15, 0.2) is 54.6 Å². The Balaban J connectivity index is 1.70. The number of ketones is 1. The molecule has 0 saturated heterocycles. The monoisotopic (exact) mass is 307 g/mol. The first-order valence-electron chi connectivity index (χ1n) is 8.44. The van der Waals surface area contributed by atoms with E-state index in [-0.39, 0.29) is 5.41 Å². The minimum absolute atomic E-state index is 0.334. The summed E-state index contributed by atoms with van der Waals surface area (Å²) in [7, 11) is 2.13. The third kappa shape index (κ3) is 3.37. The lowest BCUT2D eigenvalue weighted by Crippen LogP contribution is -2.40. The molecule has 0 amide bonds. The van der Waals surface area contributed by atoms with Gasteiger partial charge >= 0.3 is 0 Å². The molecule has 0 unspecified atom stereocenters. The summed E-state index contributed by atoms with van der Waals surface area (Å²) in [6, 6.07) is 19.0. The van der Waals surface area contributed by atoms with E-state index in [2.05, 4.69) is 67.4 Å². The van der Waals surface area contributed by atoms with Crippen molar-refractivity contribution < 1.29 is 4.79 Å². The Morgan fingerprint density at radius 3 is 2.48 bits per heavy atom. The maximum Gasteiger partial charge on any atom is 0.143 e. The molecule has 2 aromatic rings. The quantitative estimate of drug-likeness (QED) is 0.832. The number of aryl methyl sites for hydroxylation is 1. The van der Waals surface area contributed by atoms with Crippen LogP contribution in [0.2, 0.25) is 0 Å². The predicted octanol–water partition coefficient (Wildman–Crippen LogP) is 3.98. The van der Waals surface area contributed by atoms with Crippen LogP contribution in [-0.2, 0) is 23.2 Å². The third-order valence-electron chi connectivity index (χ3n) is 5.14. The lowest BCUT2D eigenvalue weighted by Gasteiger charge is -2.35. The molecule has 0 heterocycles. The number of rotatable bonds is 5. The first-order chi connectivity index (χ1) is 11.1. The van der Waals surface area contributed by atoms with Gasteiger partial charge in [-0.15, -0.1) is 0 Å². The molecule has 2 nitrogen and oxygen atoms in total. The molecule has 2 aromatic carbocycles. The van der Waals surface area contributed by atoms with Crippen LogP contribution in [0.1, 0.15) is 36.5 Å². The molecule has 3 rings (SSSR count). The van der Waals surface area contributed by atoms with Gasteiger partial charge < -0.3 is 4.90 Å². The highest BCUT2D eigenvalue weighted by Gasteiger charge is 2.38. The van der Waals surface area contributed by atoms with Crippen LogP contribution in [0.4, 0.5) is 0 Å². The third-order valence-corrected chi connectivity index (χ3v) is 5.14. The van der Waals surface area contributed by atoms with E-state index < -0.39 is 0 Å². The molecule has 1 aliphatic rings. The molecule has 0 aliphatic heterocycles. The van der Waals surface area contributed by atoms with Gasteiger partial charge in [-0.1, -0.05) is 54.6 Å². The molecule has 0 saturated carbocycles. The standard InChI is InChI=1S/C21H25NO/c1-21(14-15-22(2)16-17-8-4-3-5-9-17)19-11-7-6-10-18(19)12-13-20(21)23/h3-11H,12-16H2,1-2H3/t21-/m1/s1. The zero-order chi connectivity index (χ0) is 16.3. The highest BCUT2D eigenvalue weighted by atomic mass is 16.1. The number of benzene rings is 2. The van der Waals surface area contributed by atoms with Crippen LogP contribution in [0.5, 0.6) is 0 Å². The number of carbonyl (C=O) groups is 1. The van der Waals surface area contributed by atoms with Crippen molar-refractivity contribution in [2.75, 3.05) is 13.6 Å². The van der Waals surface area contributed by atoms with E-state index in [1.807, 2.05) is 6.07 Å². The van der Waals surface area contributed by atoms with Crippen molar-refractivity contribution in [3.8, 4) is 0 Å². The van der Waals surface area contributed by atoms with Crippen LogP contribution in [0.3, 0.4) is 0 Å². The molecule has 0 aromatic heterocycles. The minimum atomic E-state index is -0.334. The van der Waals surface area contributed by atoms with Crippen molar-refractivity contribution in [3.63, 3.8) is 0 Å². The van der Waals surface area contributed by atoms with Crippen LogP contribution in [-0.4, -0.2) is 24.3 Å². The number of carbonyl (C=O) groups excluding carboxylic acids is 1. The van der Waals surface area contributed by atoms with Gasteiger partial charge in [0.1, 0.15) is 5.78 Å². The summed E-state index contributed by atoms with van der Waals surface area (Å²) >= 11 is 0. The number of nitrogens with zero attached hydrogens (tertiary/aromatic N) is 1. The van der Waals surface area contributed by atoms with E-state index in [0.29, 0.717) is 12.2 Å². The summed E-state index contributed by atoms with van der Waals surface area (Å²) < 4.78 is 0. The molecular formula is C21H25NO. The Bertz CT molecular complexity index is 679. The lowest BCUT2D eigenvalue weighted by atomic mass is 9.68. The SMILES string of the molecule is CN(CC[C@@]1(C)C(=O)CCc2ccccc21)Cc1ccccc1. The van der Waals surface area contributed by atoms with Gasteiger partial charge in [0.05, 0.1) is 5.41 Å². The van der Waals surface area contributed by atoms with Gasteiger partial charge in [0.2, 0.25) is 0 Å². The first kappa shape index (κ1) is 15.9. The van der Waals surface area contributed by atoms with Gasteiger partial charge in [-0.2, -0.15) is 0 Å². The van der Waals surface area contributed by atoms with Gasteiger partial charge in [0.25, 0.3) is 0 Å². The fourth-order valence-electron chi connectivity index (χ4n) is 3.61. The summed E-state index contributed by atoms with van der Waals surface area (Å²) in [6.07, 6.45) is 2.45. The van der Waals surface area contributed by atoms with E-state index >= 15 is 0 Å². The predicted molar refractivity (Wildman–Crippen MR) is 94.5 cm³/mol. The van der Waals surface area contributed by atoms with E-state index in [0.717, 1.165) is 25.9 Å².